The van der Waals surface area contributed by atoms with Crippen LogP contribution in [0.5, 0.6) is 11.5 Å². The molecule has 0 aliphatic rings. The van der Waals surface area contributed by atoms with Crippen LogP contribution in [0.2, 0.25) is 0 Å². The van der Waals surface area contributed by atoms with Crippen LogP contribution in [-0.2, 0) is 6.42 Å². The summed E-state index contributed by atoms with van der Waals surface area (Å²) >= 11 is 0. The lowest BCUT2D eigenvalue weighted by Gasteiger charge is -2.09. The van der Waals surface area contributed by atoms with Gasteiger partial charge in [0.2, 0.25) is 0 Å². The SMILES string of the molecule is COc1ccc(-n2nc(CC(C)C)c(O)c2-c2ccc(C)cc2)cc1. The summed E-state index contributed by atoms with van der Waals surface area (Å²) in [6.45, 7) is 6.30. The molecule has 25 heavy (non-hydrogen) atoms. The number of aryl methyl sites for hydroxylation is 1. The van der Waals surface area contributed by atoms with E-state index in [1.807, 2.05) is 53.2 Å². The van der Waals surface area contributed by atoms with Gasteiger partial charge < -0.3 is 9.84 Å². The maximum Gasteiger partial charge on any atom is 0.165 e. The molecule has 3 rings (SSSR count). The maximum absolute atomic E-state index is 10.8. The molecular weight excluding hydrogens is 312 g/mol. The van der Waals surface area contributed by atoms with Crippen molar-refractivity contribution >= 4 is 0 Å². The molecule has 2 aromatic carbocycles. The lowest BCUT2D eigenvalue weighted by atomic mass is 10.0. The fraction of sp³-hybridized carbons (Fsp3) is 0.286. The number of aromatic nitrogens is 2. The molecule has 1 aromatic heterocycles. The summed E-state index contributed by atoms with van der Waals surface area (Å²) in [5, 5.41) is 15.5. The molecule has 0 unspecified atom stereocenters. The lowest BCUT2D eigenvalue weighted by molar-refractivity contribution is 0.414. The first-order valence-electron chi connectivity index (χ1n) is 8.52. The van der Waals surface area contributed by atoms with Crippen LogP contribution in [0.3, 0.4) is 0 Å². The van der Waals surface area contributed by atoms with Crippen molar-refractivity contribution in [3.05, 3.63) is 59.8 Å². The Bertz CT molecular complexity index is 847. The highest BCUT2D eigenvalue weighted by atomic mass is 16.5. The Morgan fingerprint density at radius 2 is 1.68 bits per heavy atom. The van der Waals surface area contributed by atoms with Crippen molar-refractivity contribution in [1.29, 1.82) is 0 Å². The summed E-state index contributed by atoms with van der Waals surface area (Å²) in [6.07, 6.45) is 0.730. The highest BCUT2D eigenvalue weighted by molar-refractivity contribution is 5.70. The number of hydrogen-bond donors (Lipinski definition) is 1. The molecular formula is C21H24N2O2. The lowest BCUT2D eigenvalue weighted by Crippen LogP contribution is -2.01. The van der Waals surface area contributed by atoms with Crippen LogP contribution in [0.25, 0.3) is 16.9 Å². The molecule has 0 saturated heterocycles. The normalized spacial score (nSPS) is 11.1. The van der Waals surface area contributed by atoms with Crippen LogP contribution < -0.4 is 4.74 Å². The van der Waals surface area contributed by atoms with Crippen molar-refractivity contribution in [2.45, 2.75) is 27.2 Å². The topological polar surface area (TPSA) is 47.3 Å². The Hall–Kier alpha value is -2.75. The van der Waals surface area contributed by atoms with Gasteiger partial charge in [0.05, 0.1) is 12.8 Å². The maximum atomic E-state index is 10.8. The Kier molecular flexibility index (Phi) is 4.79. The van der Waals surface area contributed by atoms with E-state index in [1.165, 1.54) is 5.56 Å². The summed E-state index contributed by atoms with van der Waals surface area (Å²) in [6, 6.07) is 15.8. The zero-order valence-corrected chi connectivity index (χ0v) is 15.2. The number of benzene rings is 2. The van der Waals surface area contributed by atoms with Crippen LogP contribution >= 0.6 is 0 Å². The molecule has 4 nitrogen and oxygen atoms in total. The Balaban J connectivity index is 2.16. The first-order valence-corrected chi connectivity index (χ1v) is 8.52. The molecule has 0 saturated carbocycles. The van der Waals surface area contributed by atoms with E-state index in [1.54, 1.807) is 7.11 Å². The molecule has 0 fully saturated rings. The molecule has 1 N–H and O–H groups in total. The van der Waals surface area contributed by atoms with Gasteiger partial charge in [-0.05, 0) is 43.5 Å². The van der Waals surface area contributed by atoms with Crippen LogP contribution in [0, 0.1) is 12.8 Å². The second-order valence-electron chi connectivity index (χ2n) is 6.72. The minimum Gasteiger partial charge on any atom is -0.504 e. The van der Waals surface area contributed by atoms with Crippen LogP contribution in [0.15, 0.2) is 48.5 Å². The van der Waals surface area contributed by atoms with Gasteiger partial charge >= 0.3 is 0 Å². The van der Waals surface area contributed by atoms with E-state index in [4.69, 9.17) is 9.84 Å². The number of nitrogens with zero attached hydrogens (tertiary/aromatic N) is 2. The molecule has 4 heteroatoms. The van der Waals surface area contributed by atoms with Gasteiger partial charge in [0.25, 0.3) is 0 Å². The molecule has 130 valence electrons. The summed E-state index contributed by atoms with van der Waals surface area (Å²) < 4.78 is 7.05. The van der Waals surface area contributed by atoms with E-state index < -0.39 is 0 Å². The van der Waals surface area contributed by atoms with Crippen molar-refractivity contribution in [3.8, 4) is 28.4 Å². The van der Waals surface area contributed by atoms with Crippen molar-refractivity contribution < 1.29 is 9.84 Å². The van der Waals surface area contributed by atoms with Gasteiger partial charge in [-0.3, -0.25) is 0 Å². The third kappa shape index (κ3) is 3.53. The Morgan fingerprint density at radius 3 is 2.24 bits per heavy atom. The average molecular weight is 336 g/mol. The van der Waals surface area contributed by atoms with E-state index in [0.717, 1.165) is 34.8 Å². The predicted molar refractivity (Wildman–Crippen MR) is 100 cm³/mol. The van der Waals surface area contributed by atoms with Crippen molar-refractivity contribution in [2.24, 2.45) is 5.92 Å². The van der Waals surface area contributed by atoms with Gasteiger partial charge in [0.15, 0.2) is 5.75 Å². The van der Waals surface area contributed by atoms with Crippen LogP contribution in [0.4, 0.5) is 0 Å². The molecule has 0 amide bonds. The number of hydrogen-bond acceptors (Lipinski definition) is 3. The van der Waals surface area contributed by atoms with E-state index in [9.17, 15) is 5.11 Å². The predicted octanol–water partition coefficient (Wildman–Crippen LogP) is 4.76. The summed E-state index contributed by atoms with van der Waals surface area (Å²) in [5.74, 6) is 1.46. The summed E-state index contributed by atoms with van der Waals surface area (Å²) in [5.41, 5.74) is 4.46. The van der Waals surface area contributed by atoms with Crippen molar-refractivity contribution in [2.75, 3.05) is 7.11 Å². The monoisotopic (exact) mass is 336 g/mol. The minimum atomic E-state index is 0.258. The fourth-order valence-corrected chi connectivity index (χ4v) is 2.86. The smallest absolute Gasteiger partial charge is 0.165 e. The van der Waals surface area contributed by atoms with Gasteiger partial charge in [-0.2, -0.15) is 5.10 Å². The van der Waals surface area contributed by atoms with Crippen LogP contribution in [0.1, 0.15) is 25.1 Å². The molecule has 0 aliphatic heterocycles. The first kappa shape index (κ1) is 17.1. The first-order chi connectivity index (χ1) is 12.0. The average Bonchev–Trinajstić information content (AvgIpc) is 2.92. The highest BCUT2D eigenvalue weighted by Crippen LogP contribution is 2.35. The second-order valence-corrected chi connectivity index (χ2v) is 6.72. The molecule has 3 aromatic rings. The third-order valence-corrected chi connectivity index (χ3v) is 4.17. The minimum absolute atomic E-state index is 0.258. The molecule has 0 bridgehead atoms. The summed E-state index contributed by atoms with van der Waals surface area (Å²) in [7, 11) is 1.65. The van der Waals surface area contributed by atoms with E-state index >= 15 is 0 Å². The molecule has 0 radical (unpaired) electrons. The van der Waals surface area contributed by atoms with Crippen molar-refractivity contribution in [1.82, 2.24) is 9.78 Å². The quantitative estimate of drug-likeness (QED) is 0.731. The molecule has 1 heterocycles. The van der Waals surface area contributed by atoms with Gasteiger partial charge in [-0.15, -0.1) is 0 Å². The van der Waals surface area contributed by atoms with Gasteiger partial charge in [-0.25, -0.2) is 4.68 Å². The zero-order chi connectivity index (χ0) is 18.0. The zero-order valence-electron chi connectivity index (χ0n) is 15.2. The number of rotatable bonds is 5. The summed E-state index contributed by atoms with van der Waals surface area (Å²) in [4.78, 5) is 0. The van der Waals surface area contributed by atoms with Gasteiger partial charge in [0, 0.05) is 5.56 Å². The third-order valence-electron chi connectivity index (χ3n) is 4.17. The largest absolute Gasteiger partial charge is 0.504 e. The van der Waals surface area contributed by atoms with E-state index in [-0.39, 0.29) is 5.75 Å². The van der Waals surface area contributed by atoms with Crippen LogP contribution in [-0.4, -0.2) is 22.0 Å². The molecule has 0 spiro atoms. The Labute approximate surface area is 148 Å². The fourth-order valence-electron chi connectivity index (χ4n) is 2.86. The second kappa shape index (κ2) is 7.01. The van der Waals surface area contributed by atoms with E-state index in [0.29, 0.717) is 5.92 Å². The molecule has 0 aliphatic carbocycles. The standard InChI is InChI=1S/C21H24N2O2/c1-14(2)13-19-21(24)20(16-7-5-15(3)6-8-16)23(22-19)17-9-11-18(25-4)12-10-17/h5-12,14,24H,13H2,1-4H3. The van der Waals surface area contributed by atoms with E-state index in [2.05, 4.69) is 20.8 Å². The highest BCUT2D eigenvalue weighted by Gasteiger charge is 2.20. The molecule has 0 atom stereocenters. The van der Waals surface area contributed by atoms with Crippen molar-refractivity contribution in [3.63, 3.8) is 0 Å². The van der Waals surface area contributed by atoms with Gasteiger partial charge in [0.1, 0.15) is 17.1 Å². The number of aromatic hydroxyl groups is 1. The number of methoxy groups -OCH3 is 1. The Morgan fingerprint density at radius 1 is 1.04 bits per heavy atom. The van der Waals surface area contributed by atoms with Gasteiger partial charge in [-0.1, -0.05) is 43.7 Å². The number of ether oxygens (including phenoxy) is 1.